The van der Waals surface area contributed by atoms with Crippen molar-refractivity contribution in [1.29, 1.82) is 0 Å². The molecule has 0 spiro atoms. The highest BCUT2D eigenvalue weighted by molar-refractivity contribution is 7.13. The van der Waals surface area contributed by atoms with Gasteiger partial charge in [-0.2, -0.15) is 0 Å². The molecule has 3 aromatic rings. The van der Waals surface area contributed by atoms with E-state index in [0.29, 0.717) is 10.8 Å². The molecule has 0 fully saturated rings. The summed E-state index contributed by atoms with van der Waals surface area (Å²) in [5, 5.41) is 10.5. The molecule has 1 N–H and O–H groups in total. The molecule has 27 heavy (non-hydrogen) atoms. The fourth-order valence-corrected chi connectivity index (χ4v) is 3.57. The van der Waals surface area contributed by atoms with Crippen LogP contribution in [0.5, 0.6) is 11.6 Å². The lowest BCUT2D eigenvalue weighted by molar-refractivity contribution is 0.0727. The molecule has 0 aliphatic heterocycles. The molecule has 0 aliphatic rings. The second kappa shape index (κ2) is 8.73. The Hall–Kier alpha value is -2.80. The Bertz CT molecular complexity index is 900. The van der Waals surface area contributed by atoms with Crippen molar-refractivity contribution in [3.05, 3.63) is 63.5 Å². The maximum Gasteiger partial charge on any atom is 0.374 e. The Morgan fingerprint density at radius 1 is 1.15 bits per heavy atom. The van der Waals surface area contributed by atoms with Gasteiger partial charge in [0.2, 0.25) is 10.9 Å². The number of esters is 1. The zero-order valence-corrected chi connectivity index (χ0v) is 16.1. The second-order valence-electron chi connectivity index (χ2n) is 6.04. The van der Waals surface area contributed by atoms with Gasteiger partial charge in [-0.3, -0.25) is 0 Å². The molecule has 6 nitrogen and oxygen atoms in total. The first-order chi connectivity index (χ1) is 13.1. The van der Waals surface area contributed by atoms with Crippen LogP contribution < -0.4 is 4.74 Å². The van der Waals surface area contributed by atoms with E-state index >= 15 is 0 Å². The first-order valence-electron chi connectivity index (χ1n) is 8.87. The third-order valence-corrected chi connectivity index (χ3v) is 5.27. The molecule has 0 saturated carbocycles. The minimum absolute atomic E-state index is 0.204. The number of aromatic hydroxyl groups is 1. The number of aromatic nitrogens is 3. The van der Waals surface area contributed by atoms with E-state index in [1.807, 2.05) is 13.8 Å². The minimum Gasteiger partial charge on any atom is -0.507 e. The highest BCUT2D eigenvalue weighted by atomic mass is 32.1. The summed E-state index contributed by atoms with van der Waals surface area (Å²) in [5.74, 6) is 0.0995. The van der Waals surface area contributed by atoms with E-state index in [4.69, 9.17) is 4.74 Å². The molecule has 0 unspecified atom stereocenters. The van der Waals surface area contributed by atoms with E-state index in [1.165, 1.54) is 35.5 Å². The number of benzene rings is 1. The number of rotatable bonds is 7. The van der Waals surface area contributed by atoms with Gasteiger partial charge in [0.05, 0.1) is 0 Å². The van der Waals surface area contributed by atoms with Crippen LogP contribution in [0, 0.1) is 0 Å². The third kappa shape index (κ3) is 4.68. The Morgan fingerprint density at radius 2 is 1.89 bits per heavy atom. The first-order valence-corrected chi connectivity index (χ1v) is 9.68. The van der Waals surface area contributed by atoms with E-state index in [2.05, 4.69) is 27.1 Å². The van der Waals surface area contributed by atoms with Crippen molar-refractivity contribution in [3.63, 3.8) is 0 Å². The summed E-state index contributed by atoms with van der Waals surface area (Å²) in [5.41, 5.74) is 3.13. The number of hydrogen-bond donors (Lipinski definition) is 1. The average Bonchev–Trinajstić information content (AvgIpc) is 3.17. The molecular formula is C20H21N3O3S. The van der Waals surface area contributed by atoms with E-state index in [0.717, 1.165) is 41.7 Å². The highest BCUT2D eigenvalue weighted by Crippen LogP contribution is 2.27. The van der Waals surface area contributed by atoms with Gasteiger partial charge in [-0.1, -0.05) is 26.0 Å². The molecule has 140 valence electrons. The Kier molecular flexibility index (Phi) is 6.13. The Labute approximate surface area is 161 Å². The predicted octanol–water partition coefficient (Wildman–Crippen LogP) is 3.77. The summed E-state index contributed by atoms with van der Waals surface area (Å²) >= 11 is 1.32. The average molecular weight is 383 g/mol. The third-order valence-electron chi connectivity index (χ3n) is 4.23. The maximum absolute atomic E-state index is 12.1. The van der Waals surface area contributed by atoms with Crippen molar-refractivity contribution in [2.75, 3.05) is 0 Å². The molecule has 0 aliphatic carbocycles. The van der Waals surface area contributed by atoms with Crippen LogP contribution in [0.15, 0.2) is 36.9 Å². The van der Waals surface area contributed by atoms with Crippen molar-refractivity contribution in [1.82, 2.24) is 15.0 Å². The van der Waals surface area contributed by atoms with Crippen LogP contribution in [0.25, 0.3) is 0 Å². The number of phenols is 1. The second-order valence-corrected chi connectivity index (χ2v) is 7.15. The van der Waals surface area contributed by atoms with E-state index < -0.39 is 5.97 Å². The van der Waals surface area contributed by atoms with Crippen molar-refractivity contribution >= 4 is 17.3 Å². The Balaban J connectivity index is 1.65. The molecule has 0 atom stereocenters. The molecule has 2 heterocycles. The summed E-state index contributed by atoms with van der Waals surface area (Å²) in [6.07, 6.45) is 7.73. The van der Waals surface area contributed by atoms with Gasteiger partial charge >= 0.3 is 5.97 Å². The molecule has 3 rings (SSSR count). The van der Waals surface area contributed by atoms with Crippen molar-refractivity contribution < 1.29 is 14.6 Å². The highest BCUT2D eigenvalue weighted by Gasteiger charge is 2.15. The number of ether oxygens (including phenoxy) is 1. The zero-order valence-electron chi connectivity index (χ0n) is 15.3. The van der Waals surface area contributed by atoms with E-state index in [9.17, 15) is 9.90 Å². The van der Waals surface area contributed by atoms with Crippen LogP contribution in [-0.2, 0) is 25.7 Å². The number of aryl methyl sites for hydroxylation is 4. The molecule has 0 saturated heterocycles. The zero-order chi connectivity index (χ0) is 19.2. The monoisotopic (exact) mass is 383 g/mol. The SMILES string of the molecule is CCc1cc(CCc2cnc(C(=O)Oc3ccncn3)s2)cc(CC)c1O. The summed E-state index contributed by atoms with van der Waals surface area (Å²) < 4.78 is 5.18. The lowest BCUT2D eigenvalue weighted by atomic mass is 9.98. The number of nitrogens with zero attached hydrogens (tertiary/aromatic N) is 3. The van der Waals surface area contributed by atoms with Gasteiger partial charge in [0.25, 0.3) is 0 Å². The lowest BCUT2D eigenvalue weighted by Gasteiger charge is -2.10. The smallest absolute Gasteiger partial charge is 0.374 e. The number of carbonyl (C=O) groups is 1. The van der Waals surface area contributed by atoms with Gasteiger partial charge in [0, 0.05) is 23.3 Å². The van der Waals surface area contributed by atoms with E-state index in [-0.39, 0.29) is 5.88 Å². The fourth-order valence-electron chi connectivity index (χ4n) is 2.78. The standard InChI is InChI=1S/C20H21N3O3S/c1-3-14-9-13(10-15(4-2)18(14)24)5-6-16-11-22-19(27-16)20(25)26-17-7-8-21-12-23-17/h7-12,24H,3-6H2,1-2H3. The molecule has 0 radical (unpaired) electrons. The van der Waals surface area contributed by atoms with E-state index in [1.54, 1.807) is 6.20 Å². The summed E-state index contributed by atoms with van der Waals surface area (Å²) in [6, 6.07) is 5.63. The van der Waals surface area contributed by atoms with Crippen LogP contribution in [0.2, 0.25) is 0 Å². The Morgan fingerprint density at radius 3 is 2.52 bits per heavy atom. The lowest BCUT2D eigenvalue weighted by Crippen LogP contribution is -2.08. The molecule has 2 aromatic heterocycles. The van der Waals surface area contributed by atoms with Crippen LogP contribution in [-0.4, -0.2) is 26.0 Å². The molecule has 7 heteroatoms. The first kappa shape index (κ1) is 19.0. The molecular weight excluding hydrogens is 362 g/mol. The number of thiazole rings is 1. The van der Waals surface area contributed by atoms with Crippen molar-refractivity contribution in [2.24, 2.45) is 0 Å². The normalized spacial score (nSPS) is 10.7. The topological polar surface area (TPSA) is 85.2 Å². The molecule has 0 bridgehead atoms. The van der Waals surface area contributed by atoms with Gasteiger partial charge in [0.1, 0.15) is 12.1 Å². The molecule has 1 aromatic carbocycles. The van der Waals surface area contributed by atoms with Crippen LogP contribution in [0.4, 0.5) is 0 Å². The summed E-state index contributed by atoms with van der Waals surface area (Å²) in [4.78, 5) is 25.0. The van der Waals surface area contributed by atoms with Gasteiger partial charge in [0.15, 0.2) is 0 Å². The minimum atomic E-state index is -0.517. The maximum atomic E-state index is 12.1. The predicted molar refractivity (Wildman–Crippen MR) is 103 cm³/mol. The summed E-state index contributed by atoms with van der Waals surface area (Å²) in [6.45, 7) is 4.08. The van der Waals surface area contributed by atoms with Gasteiger partial charge in [-0.25, -0.2) is 19.7 Å². The van der Waals surface area contributed by atoms with Crippen LogP contribution in [0.3, 0.4) is 0 Å². The van der Waals surface area contributed by atoms with Crippen molar-refractivity contribution in [3.8, 4) is 11.6 Å². The van der Waals surface area contributed by atoms with Gasteiger partial charge in [-0.15, -0.1) is 11.3 Å². The number of carbonyl (C=O) groups excluding carboxylic acids is 1. The summed E-state index contributed by atoms with van der Waals surface area (Å²) in [7, 11) is 0. The largest absolute Gasteiger partial charge is 0.507 e. The fraction of sp³-hybridized carbons (Fsp3) is 0.300. The quantitative estimate of drug-likeness (QED) is 0.625. The van der Waals surface area contributed by atoms with Crippen LogP contribution in [0.1, 0.15) is 45.2 Å². The van der Waals surface area contributed by atoms with Gasteiger partial charge < -0.3 is 9.84 Å². The van der Waals surface area contributed by atoms with Crippen LogP contribution >= 0.6 is 11.3 Å². The number of hydrogen-bond acceptors (Lipinski definition) is 7. The molecule has 0 amide bonds. The van der Waals surface area contributed by atoms with Crippen molar-refractivity contribution in [2.45, 2.75) is 39.5 Å². The van der Waals surface area contributed by atoms with Gasteiger partial charge in [-0.05, 0) is 42.4 Å². The number of phenolic OH excluding ortho intramolecular Hbond substituents is 1.